The number of hydrogen-bond donors (Lipinski definition) is 0. The Morgan fingerprint density at radius 1 is 0.750 bits per heavy atom. The molecule has 28 heavy (non-hydrogen) atoms. The molecule has 0 unspecified atom stereocenters. The smallest absolute Gasteiger partial charge is 0.310 e. The largest absolute Gasteiger partial charge is 0.319 e. The maximum Gasteiger partial charge on any atom is 0.319 e. The first kappa shape index (κ1) is 22.7. The summed E-state index contributed by atoms with van der Waals surface area (Å²) >= 11 is 0. The van der Waals surface area contributed by atoms with E-state index in [4.69, 9.17) is 9.05 Å². The van der Waals surface area contributed by atoms with Crippen LogP contribution in [-0.4, -0.2) is 23.2 Å². The van der Waals surface area contributed by atoms with Crippen molar-refractivity contribution >= 4 is 8.25 Å². The molecular weight excluding hydrogens is 371 g/mol. The molecular formula is C22H33N2O3P. The van der Waals surface area contributed by atoms with E-state index in [0.717, 1.165) is 37.1 Å². The average Bonchev–Trinajstić information content (AvgIpc) is 2.77. The second-order valence-electron chi connectivity index (χ2n) is 7.23. The van der Waals surface area contributed by atoms with Crippen molar-refractivity contribution in [2.24, 2.45) is 0 Å². The number of aromatic nitrogens is 2. The van der Waals surface area contributed by atoms with Gasteiger partial charge in [0.1, 0.15) is 0 Å². The SMILES string of the molecule is CCC(CC)(CO[PH](=O)OCC(CC)(CC)c1ccccn1)c1ccccn1. The van der Waals surface area contributed by atoms with Gasteiger partial charge in [-0.2, -0.15) is 0 Å². The lowest BCUT2D eigenvalue weighted by molar-refractivity contribution is 0.141. The van der Waals surface area contributed by atoms with Crippen LogP contribution in [0.1, 0.15) is 64.8 Å². The molecule has 0 bridgehead atoms. The lowest BCUT2D eigenvalue weighted by atomic mass is 9.80. The van der Waals surface area contributed by atoms with Crippen molar-refractivity contribution in [3.05, 3.63) is 60.2 Å². The highest BCUT2D eigenvalue weighted by Gasteiger charge is 2.33. The Labute approximate surface area is 169 Å². The number of nitrogens with zero attached hydrogens (tertiary/aromatic N) is 2. The number of rotatable bonds is 12. The van der Waals surface area contributed by atoms with Crippen LogP contribution in [0, 0.1) is 0 Å². The van der Waals surface area contributed by atoms with E-state index in [1.807, 2.05) is 36.4 Å². The fourth-order valence-corrected chi connectivity index (χ4v) is 4.44. The van der Waals surface area contributed by atoms with Crippen molar-refractivity contribution in [3.8, 4) is 0 Å². The zero-order valence-electron chi connectivity index (χ0n) is 17.5. The van der Waals surface area contributed by atoms with Gasteiger partial charge in [0.15, 0.2) is 0 Å². The molecule has 0 amide bonds. The molecule has 0 aliphatic carbocycles. The van der Waals surface area contributed by atoms with Gasteiger partial charge in [0, 0.05) is 34.6 Å². The normalized spacial score (nSPS) is 12.5. The van der Waals surface area contributed by atoms with Crippen molar-refractivity contribution in [3.63, 3.8) is 0 Å². The van der Waals surface area contributed by atoms with Crippen molar-refractivity contribution < 1.29 is 13.6 Å². The molecule has 2 aromatic heterocycles. The lowest BCUT2D eigenvalue weighted by Gasteiger charge is -2.32. The van der Waals surface area contributed by atoms with Gasteiger partial charge < -0.3 is 9.05 Å². The third kappa shape index (κ3) is 5.28. The van der Waals surface area contributed by atoms with E-state index >= 15 is 0 Å². The predicted octanol–water partition coefficient (Wildman–Crippen LogP) is 5.72. The summed E-state index contributed by atoms with van der Waals surface area (Å²) in [5, 5.41) is 0. The van der Waals surface area contributed by atoms with E-state index in [9.17, 15) is 4.57 Å². The summed E-state index contributed by atoms with van der Waals surface area (Å²) in [7, 11) is -2.61. The fourth-order valence-electron chi connectivity index (χ4n) is 3.57. The summed E-state index contributed by atoms with van der Waals surface area (Å²) < 4.78 is 24.0. The van der Waals surface area contributed by atoms with E-state index in [0.29, 0.717) is 13.2 Å². The maximum absolute atomic E-state index is 12.6. The van der Waals surface area contributed by atoms with Crippen LogP contribution in [0.4, 0.5) is 0 Å². The van der Waals surface area contributed by atoms with E-state index < -0.39 is 8.25 Å². The molecule has 6 heteroatoms. The van der Waals surface area contributed by atoms with Crippen LogP contribution in [-0.2, 0) is 24.4 Å². The number of hydrogen-bond acceptors (Lipinski definition) is 5. The summed E-state index contributed by atoms with van der Waals surface area (Å²) in [5.41, 5.74) is 1.44. The van der Waals surface area contributed by atoms with Gasteiger partial charge >= 0.3 is 8.25 Å². The van der Waals surface area contributed by atoms with Crippen molar-refractivity contribution in [2.75, 3.05) is 13.2 Å². The first-order chi connectivity index (χ1) is 13.6. The Bertz CT molecular complexity index is 656. The molecule has 5 nitrogen and oxygen atoms in total. The predicted molar refractivity (Wildman–Crippen MR) is 114 cm³/mol. The zero-order chi connectivity index (χ0) is 20.5. The standard InChI is InChI=1S/C22H33N2O3P/c1-5-21(6-2,19-13-9-11-15-23-19)17-26-28(25)27-18-22(7-3,8-4)20-14-10-12-16-24-20/h9-16,28H,5-8,17-18H2,1-4H3. The Morgan fingerprint density at radius 2 is 1.14 bits per heavy atom. The van der Waals surface area contributed by atoms with E-state index in [-0.39, 0.29) is 10.8 Å². The fraction of sp³-hybridized carbons (Fsp3) is 0.545. The molecule has 0 aromatic carbocycles. The van der Waals surface area contributed by atoms with Crippen LogP contribution in [0.2, 0.25) is 0 Å². The highest BCUT2D eigenvalue weighted by Crippen LogP contribution is 2.38. The molecule has 0 N–H and O–H groups in total. The van der Waals surface area contributed by atoms with Crippen LogP contribution in [0.15, 0.2) is 48.8 Å². The molecule has 0 radical (unpaired) electrons. The monoisotopic (exact) mass is 404 g/mol. The molecule has 154 valence electrons. The van der Waals surface area contributed by atoms with Crippen LogP contribution in [0.3, 0.4) is 0 Å². The second kappa shape index (κ2) is 10.8. The number of pyridine rings is 2. The summed E-state index contributed by atoms with van der Waals surface area (Å²) in [5.74, 6) is 0. The molecule has 0 aliphatic heterocycles. The topological polar surface area (TPSA) is 61.3 Å². The van der Waals surface area contributed by atoms with E-state index in [1.54, 1.807) is 12.4 Å². The van der Waals surface area contributed by atoms with Gasteiger partial charge in [0.05, 0.1) is 13.2 Å². The maximum atomic E-state index is 12.6. The van der Waals surface area contributed by atoms with E-state index in [2.05, 4.69) is 37.7 Å². The quantitative estimate of drug-likeness (QED) is 0.424. The van der Waals surface area contributed by atoms with Crippen molar-refractivity contribution in [1.82, 2.24) is 9.97 Å². The zero-order valence-corrected chi connectivity index (χ0v) is 18.5. The Morgan fingerprint density at radius 3 is 1.43 bits per heavy atom. The summed E-state index contributed by atoms with van der Waals surface area (Å²) in [6.45, 7) is 9.12. The van der Waals surface area contributed by atoms with Gasteiger partial charge in [-0.1, -0.05) is 39.8 Å². The highest BCUT2D eigenvalue weighted by atomic mass is 31.1. The molecule has 0 fully saturated rings. The van der Waals surface area contributed by atoms with Gasteiger partial charge in [-0.3, -0.25) is 14.5 Å². The first-order valence-electron chi connectivity index (χ1n) is 10.2. The van der Waals surface area contributed by atoms with Gasteiger partial charge in [-0.15, -0.1) is 0 Å². The summed E-state index contributed by atoms with van der Waals surface area (Å²) in [4.78, 5) is 9.01. The second-order valence-corrected chi connectivity index (χ2v) is 8.31. The molecule has 2 rings (SSSR count). The van der Waals surface area contributed by atoms with Crippen LogP contribution < -0.4 is 0 Å². The minimum atomic E-state index is -2.61. The molecule has 0 saturated heterocycles. The van der Waals surface area contributed by atoms with Crippen LogP contribution in [0.25, 0.3) is 0 Å². The molecule has 2 heterocycles. The Balaban J connectivity index is 2.02. The first-order valence-corrected chi connectivity index (χ1v) is 11.4. The minimum Gasteiger partial charge on any atom is -0.310 e. The Hall–Kier alpha value is -1.55. The molecule has 0 spiro atoms. The van der Waals surface area contributed by atoms with Gasteiger partial charge in [0.2, 0.25) is 0 Å². The third-order valence-corrected chi connectivity index (χ3v) is 6.82. The van der Waals surface area contributed by atoms with Gasteiger partial charge in [0.25, 0.3) is 0 Å². The van der Waals surface area contributed by atoms with Crippen molar-refractivity contribution in [2.45, 2.75) is 64.2 Å². The lowest BCUT2D eigenvalue weighted by Crippen LogP contribution is -2.32. The summed E-state index contributed by atoms with van der Waals surface area (Å²) in [6.07, 6.45) is 7.02. The average molecular weight is 404 g/mol. The van der Waals surface area contributed by atoms with E-state index in [1.165, 1.54) is 0 Å². The van der Waals surface area contributed by atoms with Gasteiger partial charge in [-0.05, 0) is 49.9 Å². The summed E-state index contributed by atoms with van der Waals surface area (Å²) in [6, 6.07) is 11.8. The minimum absolute atomic E-state index is 0.251. The van der Waals surface area contributed by atoms with Crippen LogP contribution >= 0.6 is 8.25 Å². The third-order valence-electron chi connectivity index (χ3n) is 6.06. The molecule has 2 aromatic rings. The van der Waals surface area contributed by atoms with Crippen LogP contribution in [0.5, 0.6) is 0 Å². The Kier molecular flexibility index (Phi) is 8.81. The molecule has 0 atom stereocenters. The molecule has 0 saturated carbocycles. The highest BCUT2D eigenvalue weighted by molar-refractivity contribution is 7.33. The molecule has 0 aliphatic rings. The van der Waals surface area contributed by atoms with Gasteiger partial charge in [-0.25, -0.2) is 0 Å². The van der Waals surface area contributed by atoms with Crippen molar-refractivity contribution in [1.29, 1.82) is 0 Å².